The highest BCUT2D eigenvalue weighted by atomic mass is 35.5. The third-order valence-electron chi connectivity index (χ3n) is 1.72. The molecule has 0 fully saturated rings. The summed E-state index contributed by atoms with van der Waals surface area (Å²) < 4.78 is 5.23. The molecule has 0 saturated heterocycles. The van der Waals surface area contributed by atoms with Crippen LogP contribution in [0, 0.1) is 0 Å². The van der Waals surface area contributed by atoms with Crippen LogP contribution in [0.1, 0.15) is 12.5 Å². The predicted octanol–water partition coefficient (Wildman–Crippen LogP) is 2.16. The first-order chi connectivity index (χ1) is 7.54. The maximum Gasteiger partial charge on any atom is 0.156 e. The molecule has 86 valence electrons. The van der Waals surface area contributed by atoms with Gasteiger partial charge in [-0.1, -0.05) is 29.3 Å². The molecule has 16 heavy (non-hydrogen) atoms. The fourth-order valence-electron chi connectivity index (χ4n) is 1.12. The van der Waals surface area contributed by atoms with Crippen LogP contribution in [-0.2, 0) is 4.79 Å². The molecule has 0 heterocycles. The number of carboxylic acids is 1. The van der Waals surface area contributed by atoms with E-state index < -0.39 is 5.97 Å². The van der Waals surface area contributed by atoms with Crippen LogP contribution in [0.2, 0.25) is 10.0 Å². The van der Waals surface area contributed by atoms with Gasteiger partial charge in [0, 0.05) is 0 Å². The lowest BCUT2D eigenvalue weighted by Crippen LogP contribution is -2.18. The minimum atomic E-state index is -1.28. The van der Waals surface area contributed by atoms with Crippen LogP contribution < -0.4 is 9.84 Å². The average molecular weight is 260 g/mol. The molecule has 0 radical (unpaired) electrons. The fraction of sp³-hybridized carbons (Fsp3) is 0.182. The van der Waals surface area contributed by atoms with Gasteiger partial charge in [-0.25, -0.2) is 0 Å². The topological polar surface area (TPSA) is 49.4 Å². The molecule has 0 aliphatic rings. The van der Waals surface area contributed by atoms with Crippen molar-refractivity contribution >= 4 is 35.2 Å². The van der Waals surface area contributed by atoms with Crippen LogP contribution >= 0.6 is 23.2 Å². The predicted molar refractivity (Wildman–Crippen MR) is 61.7 cm³/mol. The molecule has 0 aliphatic carbocycles. The smallest absolute Gasteiger partial charge is 0.156 e. The van der Waals surface area contributed by atoms with Gasteiger partial charge in [-0.05, 0) is 30.7 Å². The summed E-state index contributed by atoms with van der Waals surface area (Å²) in [5.74, 6) is -0.877. The molecule has 5 heteroatoms. The second-order valence-electron chi connectivity index (χ2n) is 2.90. The third kappa shape index (κ3) is 3.43. The van der Waals surface area contributed by atoms with E-state index in [2.05, 4.69) is 0 Å². The highest BCUT2D eigenvalue weighted by Gasteiger charge is 2.07. The SMILES string of the molecule is CCOc1c(Cl)cc(/C=C/C(=O)[O-])cc1Cl. The van der Waals surface area contributed by atoms with Crippen LogP contribution in [0.4, 0.5) is 0 Å². The van der Waals surface area contributed by atoms with Gasteiger partial charge in [0.2, 0.25) is 0 Å². The number of hydrogen-bond acceptors (Lipinski definition) is 3. The molecular formula is C11H9Cl2O3-. The molecule has 1 aromatic rings. The molecule has 1 aromatic carbocycles. The number of carboxylic acid groups (broad SMARTS) is 1. The Kier molecular flexibility index (Phi) is 4.65. The summed E-state index contributed by atoms with van der Waals surface area (Å²) in [4.78, 5) is 10.2. The molecule has 0 amide bonds. The van der Waals surface area contributed by atoms with Gasteiger partial charge in [0.15, 0.2) is 5.75 Å². The van der Waals surface area contributed by atoms with Gasteiger partial charge >= 0.3 is 0 Å². The van der Waals surface area contributed by atoms with Crippen molar-refractivity contribution < 1.29 is 14.6 Å². The van der Waals surface area contributed by atoms with Gasteiger partial charge in [-0.15, -0.1) is 0 Å². The van der Waals surface area contributed by atoms with Crippen LogP contribution in [0.5, 0.6) is 5.75 Å². The lowest BCUT2D eigenvalue weighted by molar-refractivity contribution is -0.297. The van der Waals surface area contributed by atoms with E-state index >= 15 is 0 Å². The zero-order valence-electron chi connectivity index (χ0n) is 8.50. The summed E-state index contributed by atoms with van der Waals surface area (Å²) in [6, 6.07) is 3.13. The summed E-state index contributed by atoms with van der Waals surface area (Å²) in [6.45, 7) is 2.27. The van der Waals surface area contributed by atoms with E-state index in [0.29, 0.717) is 28.0 Å². The molecule has 0 bridgehead atoms. The van der Waals surface area contributed by atoms with Gasteiger partial charge in [-0.2, -0.15) is 0 Å². The van der Waals surface area contributed by atoms with Gasteiger partial charge in [0.05, 0.1) is 22.6 Å². The van der Waals surface area contributed by atoms with Crippen molar-refractivity contribution in [2.75, 3.05) is 6.61 Å². The molecule has 3 nitrogen and oxygen atoms in total. The van der Waals surface area contributed by atoms with Crippen LogP contribution in [0.15, 0.2) is 18.2 Å². The summed E-state index contributed by atoms with van der Waals surface area (Å²) in [5.41, 5.74) is 0.572. The number of carbonyl (C=O) groups excluding carboxylic acids is 1. The first-order valence-electron chi connectivity index (χ1n) is 4.55. The van der Waals surface area contributed by atoms with Crippen LogP contribution in [0.3, 0.4) is 0 Å². The standard InChI is InChI=1S/C11H10Cl2O3/c1-2-16-11-8(12)5-7(6-9(11)13)3-4-10(14)15/h3-6H,2H2,1H3,(H,14,15)/p-1/b4-3+. The highest BCUT2D eigenvalue weighted by molar-refractivity contribution is 6.37. The summed E-state index contributed by atoms with van der Waals surface area (Å²) >= 11 is 11.8. The summed E-state index contributed by atoms with van der Waals surface area (Å²) in [6.07, 6.45) is 2.26. The zero-order valence-corrected chi connectivity index (χ0v) is 10.0. The van der Waals surface area contributed by atoms with Crippen molar-refractivity contribution in [2.24, 2.45) is 0 Å². The van der Waals surface area contributed by atoms with Crippen LogP contribution in [-0.4, -0.2) is 12.6 Å². The Morgan fingerprint density at radius 3 is 2.44 bits per heavy atom. The van der Waals surface area contributed by atoms with Crippen LogP contribution in [0.25, 0.3) is 6.08 Å². The minimum absolute atomic E-state index is 0.340. The number of aliphatic carboxylic acids is 1. The van der Waals surface area contributed by atoms with Gasteiger partial charge in [0.1, 0.15) is 0 Å². The summed E-state index contributed by atoms with van der Waals surface area (Å²) in [7, 11) is 0. The molecule has 0 N–H and O–H groups in total. The second-order valence-corrected chi connectivity index (χ2v) is 3.71. The third-order valence-corrected chi connectivity index (χ3v) is 2.28. The zero-order chi connectivity index (χ0) is 12.1. The van der Waals surface area contributed by atoms with Crippen molar-refractivity contribution in [2.45, 2.75) is 6.92 Å². The molecule has 0 unspecified atom stereocenters. The molecule has 0 atom stereocenters. The number of carbonyl (C=O) groups is 1. The van der Waals surface area contributed by atoms with E-state index in [1.165, 1.54) is 6.08 Å². The molecule has 0 aliphatic heterocycles. The maximum atomic E-state index is 10.2. The quantitative estimate of drug-likeness (QED) is 0.779. The largest absolute Gasteiger partial charge is 0.545 e. The van der Waals surface area contributed by atoms with E-state index in [1.54, 1.807) is 12.1 Å². The monoisotopic (exact) mass is 259 g/mol. The summed E-state index contributed by atoms with van der Waals surface area (Å²) in [5, 5.41) is 10.9. The lowest BCUT2D eigenvalue weighted by Gasteiger charge is -2.08. The van der Waals surface area contributed by atoms with Crippen molar-refractivity contribution in [1.29, 1.82) is 0 Å². The van der Waals surface area contributed by atoms with E-state index in [9.17, 15) is 9.90 Å². The maximum absolute atomic E-state index is 10.2. The Morgan fingerprint density at radius 2 is 2.00 bits per heavy atom. The second kappa shape index (κ2) is 5.77. The lowest BCUT2D eigenvalue weighted by atomic mass is 10.2. The Hall–Kier alpha value is -1.19. The van der Waals surface area contributed by atoms with Crippen molar-refractivity contribution in [3.63, 3.8) is 0 Å². The number of rotatable bonds is 4. The van der Waals surface area contributed by atoms with E-state index in [0.717, 1.165) is 6.08 Å². The number of halogens is 2. The molecule has 0 saturated carbocycles. The minimum Gasteiger partial charge on any atom is -0.545 e. The van der Waals surface area contributed by atoms with Crippen molar-refractivity contribution in [1.82, 2.24) is 0 Å². The fourth-order valence-corrected chi connectivity index (χ4v) is 1.74. The van der Waals surface area contributed by atoms with Crippen molar-refractivity contribution in [3.8, 4) is 5.75 Å². The average Bonchev–Trinajstić information content (AvgIpc) is 2.20. The first-order valence-corrected chi connectivity index (χ1v) is 5.31. The Labute approximate surface area is 103 Å². The molecule has 0 aromatic heterocycles. The van der Waals surface area contributed by atoms with Gasteiger partial charge in [-0.3, -0.25) is 0 Å². The number of ether oxygens (including phenoxy) is 1. The van der Waals surface area contributed by atoms with Gasteiger partial charge < -0.3 is 14.6 Å². The Morgan fingerprint density at radius 1 is 1.44 bits per heavy atom. The molecule has 0 spiro atoms. The normalized spacial score (nSPS) is 10.7. The van der Waals surface area contributed by atoms with E-state index in [-0.39, 0.29) is 0 Å². The Bertz CT molecular complexity index is 404. The number of benzene rings is 1. The molecular weight excluding hydrogens is 251 g/mol. The molecule has 1 rings (SSSR count). The first kappa shape index (κ1) is 12.9. The van der Waals surface area contributed by atoms with E-state index in [4.69, 9.17) is 27.9 Å². The van der Waals surface area contributed by atoms with Gasteiger partial charge in [0.25, 0.3) is 0 Å². The Balaban J connectivity index is 3.04. The van der Waals surface area contributed by atoms with Crippen molar-refractivity contribution in [3.05, 3.63) is 33.8 Å². The highest BCUT2D eigenvalue weighted by Crippen LogP contribution is 2.34. The number of hydrogen-bond donors (Lipinski definition) is 0. The van der Waals surface area contributed by atoms with E-state index in [1.807, 2.05) is 6.92 Å².